The van der Waals surface area contributed by atoms with Gasteiger partial charge in [-0.15, -0.1) is 0 Å². The Morgan fingerprint density at radius 1 is 0.643 bits per heavy atom. The molecule has 0 aliphatic rings. The molecule has 0 bridgehead atoms. The maximum Gasteiger partial charge on any atom is 1.00 e. The Morgan fingerprint density at radius 2 is 0.964 bits per heavy atom. The van der Waals surface area contributed by atoms with Gasteiger partial charge in [0.2, 0.25) is 0 Å². The summed E-state index contributed by atoms with van der Waals surface area (Å²) in [5.41, 5.74) is 0. The van der Waals surface area contributed by atoms with E-state index in [-0.39, 0.29) is 18.9 Å². The maximum atomic E-state index is 11.5. The van der Waals surface area contributed by atoms with E-state index in [0.29, 0.717) is 6.42 Å². The molecule has 0 spiro atoms. The maximum absolute atomic E-state index is 11.5. The summed E-state index contributed by atoms with van der Waals surface area (Å²) >= 11 is 0. The summed E-state index contributed by atoms with van der Waals surface area (Å²) in [4.78, 5) is 13.7. The van der Waals surface area contributed by atoms with Gasteiger partial charge >= 0.3 is 18.9 Å². The first-order valence-corrected chi connectivity index (χ1v) is 12.1. The number of aliphatic carboxylic acids is 1. The van der Waals surface area contributed by atoms with Crippen LogP contribution in [0.2, 0.25) is 0 Å². The molecule has 0 aliphatic carbocycles. The van der Waals surface area contributed by atoms with E-state index in [2.05, 4.69) is 18.7 Å². The Kier molecular flexibility index (Phi) is 25.2. The van der Waals surface area contributed by atoms with E-state index >= 15 is 0 Å². The molecule has 3 nitrogen and oxygen atoms in total. The smallest absolute Gasteiger partial charge is 0.548 e. The van der Waals surface area contributed by atoms with Gasteiger partial charge in [0.25, 0.3) is 0 Å². The number of carboxylic acids is 1. The van der Waals surface area contributed by atoms with Crippen molar-refractivity contribution in [3.8, 4) is 0 Å². The molecule has 28 heavy (non-hydrogen) atoms. The summed E-state index contributed by atoms with van der Waals surface area (Å²) in [6.45, 7) is 8.30. The molecule has 0 rings (SSSR count). The molecule has 0 fully saturated rings. The molecule has 0 aromatic carbocycles. The SMILES string of the molecule is CCCCCCCCCCN(CCCCCCCCCC)C(CC)C(=O)[O-].[Li+]. The van der Waals surface area contributed by atoms with Crippen LogP contribution in [0, 0.1) is 0 Å². The molecule has 0 heterocycles. The molecule has 0 amide bonds. The zero-order chi connectivity index (χ0) is 20.2. The van der Waals surface area contributed by atoms with E-state index in [0.717, 1.165) is 25.9 Å². The van der Waals surface area contributed by atoms with E-state index in [1.165, 1.54) is 89.9 Å². The van der Waals surface area contributed by atoms with Crippen molar-refractivity contribution in [2.24, 2.45) is 0 Å². The third-order valence-corrected chi connectivity index (χ3v) is 5.70. The van der Waals surface area contributed by atoms with Crippen molar-refractivity contribution in [1.82, 2.24) is 4.90 Å². The minimum absolute atomic E-state index is 0. The van der Waals surface area contributed by atoms with E-state index in [1.54, 1.807) is 0 Å². The van der Waals surface area contributed by atoms with Gasteiger partial charge in [-0.05, 0) is 32.4 Å². The third kappa shape index (κ3) is 18.1. The van der Waals surface area contributed by atoms with Gasteiger partial charge in [0, 0.05) is 6.04 Å². The van der Waals surface area contributed by atoms with Gasteiger partial charge in [-0.3, -0.25) is 4.90 Å². The average Bonchev–Trinajstić information content (AvgIpc) is 2.65. The molecule has 0 aromatic heterocycles. The topological polar surface area (TPSA) is 43.4 Å². The van der Waals surface area contributed by atoms with E-state index in [1.807, 2.05) is 6.92 Å². The molecular formula is C24H48LiNO2. The van der Waals surface area contributed by atoms with E-state index in [4.69, 9.17) is 0 Å². The van der Waals surface area contributed by atoms with Crippen LogP contribution in [0.15, 0.2) is 0 Å². The summed E-state index contributed by atoms with van der Waals surface area (Å²) in [6.07, 6.45) is 21.3. The van der Waals surface area contributed by atoms with Crippen LogP contribution in [0.1, 0.15) is 130 Å². The zero-order valence-corrected chi connectivity index (χ0v) is 19.8. The Labute approximate surface area is 188 Å². The average molecular weight is 390 g/mol. The quantitative estimate of drug-likeness (QED) is 0.224. The van der Waals surface area contributed by atoms with Gasteiger partial charge in [0.05, 0.1) is 5.97 Å². The van der Waals surface area contributed by atoms with Crippen LogP contribution in [0.3, 0.4) is 0 Å². The minimum atomic E-state index is -0.892. The van der Waals surface area contributed by atoms with Crippen LogP contribution in [0.5, 0.6) is 0 Å². The predicted molar refractivity (Wildman–Crippen MR) is 116 cm³/mol. The van der Waals surface area contributed by atoms with Gasteiger partial charge in [0.1, 0.15) is 0 Å². The Balaban J connectivity index is 0. The molecule has 0 saturated heterocycles. The van der Waals surface area contributed by atoms with Crippen molar-refractivity contribution < 1.29 is 28.8 Å². The Hall–Kier alpha value is 0.0274. The second-order valence-corrected chi connectivity index (χ2v) is 8.23. The normalized spacial score (nSPS) is 12.1. The molecule has 4 heteroatoms. The van der Waals surface area contributed by atoms with Crippen molar-refractivity contribution in [2.75, 3.05) is 13.1 Å². The fourth-order valence-corrected chi connectivity index (χ4v) is 3.89. The van der Waals surface area contributed by atoms with E-state index < -0.39 is 12.0 Å². The Bertz CT molecular complexity index is 306. The van der Waals surface area contributed by atoms with Crippen LogP contribution in [0.4, 0.5) is 0 Å². The molecule has 0 aromatic rings. The van der Waals surface area contributed by atoms with Crippen LogP contribution < -0.4 is 24.0 Å². The predicted octanol–water partition coefficient (Wildman–Crippen LogP) is 3.10. The molecule has 0 aliphatic heterocycles. The summed E-state index contributed by atoms with van der Waals surface area (Å²) in [5, 5.41) is 11.5. The first-order chi connectivity index (χ1) is 13.2. The number of hydrogen-bond donors (Lipinski definition) is 0. The fraction of sp³-hybridized carbons (Fsp3) is 0.958. The van der Waals surface area contributed by atoms with Crippen LogP contribution in [-0.4, -0.2) is 30.0 Å². The van der Waals surface area contributed by atoms with Gasteiger partial charge in [-0.2, -0.15) is 0 Å². The van der Waals surface area contributed by atoms with Crippen molar-refractivity contribution in [1.29, 1.82) is 0 Å². The second kappa shape index (κ2) is 23.3. The first-order valence-electron chi connectivity index (χ1n) is 12.1. The number of nitrogens with zero attached hydrogens (tertiary/aromatic N) is 1. The molecule has 162 valence electrons. The van der Waals surface area contributed by atoms with Crippen molar-refractivity contribution in [2.45, 2.75) is 136 Å². The number of unbranched alkanes of at least 4 members (excludes halogenated alkanes) is 14. The Morgan fingerprint density at radius 3 is 1.25 bits per heavy atom. The van der Waals surface area contributed by atoms with Crippen molar-refractivity contribution in [3.63, 3.8) is 0 Å². The third-order valence-electron chi connectivity index (χ3n) is 5.70. The van der Waals surface area contributed by atoms with Crippen molar-refractivity contribution >= 4 is 5.97 Å². The van der Waals surface area contributed by atoms with Gasteiger partial charge in [-0.25, -0.2) is 0 Å². The minimum Gasteiger partial charge on any atom is -0.548 e. The monoisotopic (exact) mass is 389 g/mol. The fourth-order valence-electron chi connectivity index (χ4n) is 3.89. The van der Waals surface area contributed by atoms with Crippen molar-refractivity contribution in [3.05, 3.63) is 0 Å². The van der Waals surface area contributed by atoms with Crippen LogP contribution in [-0.2, 0) is 4.79 Å². The number of carboxylic acid groups (broad SMARTS) is 1. The van der Waals surface area contributed by atoms with Crippen LogP contribution >= 0.6 is 0 Å². The molecule has 1 atom stereocenters. The second-order valence-electron chi connectivity index (χ2n) is 8.23. The van der Waals surface area contributed by atoms with Gasteiger partial charge in [0.15, 0.2) is 0 Å². The number of hydrogen-bond acceptors (Lipinski definition) is 3. The zero-order valence-electron chi connectivity index (χ0n) is 19.8. The number of rotatable bonds is 21. The van der Waals surface area contributed by atoms with Crippen LogP contribution in [0.25, 0.3) is 0 Å². The van der Waals surface area contributed by atoms with Gasteiger partial charge < -0.3 is 9.90 Å². The summed E-state index contributed by atoms with van der Waals surface area (Å²) < 4.78 is 0. The molecule has 1 unspecified atom stereocenters. The summed E-state index contributed by atoms with van der Waals surface area (Å²) in [5.74, 6) is -0.892. The molecule has 0 radical (unpaired) electrons. The summed E-state index contributed by atoms with van der Waals surface area (Å²) in [6, 6.07) is -0.404. The van der Waals surface area contributed by atoms with Gasteiger partial charge in [-0.1, -0.05) is 111 Å². The number of carbonyl (C=O) groups is 1. The molecular weight excluding hydrogens is 341 g/mol. The molecule has 0 saturated carbocycles. The number of carbonyl (C=O) groups excluding carboxylic acids is 1. The summed E-state index contributed by atoms with van der Waals surface area (Å²) in [7, 11) is 0. The molecule has 0 N–H and O–H groups in total. The standard InChI is InChI=1S/C24H49NO2.Li/c1-4-7-9-11-13-15-17-19-21-25(23(6-3)24(26)27)22-20-18-16-14-12-10-8-5-2;/h23H,4-22H2,1-3H3,(H,26,27);/q;+1/p-1. The first kappa shape index (κ1) is 30.2. The van der Waals surface area contributed by atoms with E-state index in [9.17, 15) is 9.90 Å². The largest absolute Gasteiger partial charge is 1.00 e.